The monoisotopic (exact) mass is 331 g/mol. The Morgan fingerprint density at radius 1 is 1.29 bits per heavy atom. The fourth-order valence-electron chi connectivity index (χ4n) is 3.32. The molecule has 0 radical (unpaired) electrons. The highest BCUT2D eigenvalue weighted by molar-refractivity contribution is 5.95. The van der Waals surface area contributed by atoms with Crippen LogP contribution in [0.15, 0.2) is 24.3 Å². The van der Waals surface area contributed by atoms with E-state index in [1.54, 1.807) is 4.90 Å². The van der Waals surface area contributed by atoms with Crippen molar-refractivity contribution in [3.63, 3.8) is 0 Å². The Kier molecular flexibility index (Phi) is 5.35. The van der Waals surface area contributed by atoms with Gasteiger partial charge in [-0.25, -0.2) is 0 Å². The number of carbonyl (C=O) groups excluding carboxylic acids is 2. The quantitative estimate of drug-likeness (QED) is 0.886. The summed E-state index contributed by atoms with van der Waals surface area (Å²) in [5.41, 5.74) is 0.845. The number of nitrogens with one attached hydrogen (secondary N) is 1. The summed E-state index contributed by atoms with van der Waals surface area (Å²) in [6.45, 7) is 2.34. The number of benzene rings is 1. The van der Waals surface area contributed by atoms with Crippen LogP contribution >= 0.6 is 0 Å². The van der Waals surface area contributed by atoms with Gasteiger partial charge in [-0.3, -0.25) is 9.59 Å². The third kappa shape index (κ3) is 3.87. The lowest BCUT2D eigenvalue weighted by Gasteiger charge is -2.31. The minimum absolute atomic E-state index is 0.0206. The summed E-state index contributed by atoms with van der Waals surface area (Å²) < 4.78 is 5.66. The highest BCUT2D eigenvalue weighted by Crippen LogP contribution is 2.25. The lowest BCUT2D eigenvalue weighted by Crippen LogP contribution is -2.45. The topological polar surface area (TPSA) is 61.9 Å². The zero-order chi connectivity index (χ0) is 16.9. The van der Waals surface area contributed by atoms with Gasteiger partial charge in [0, 0.05) is 43.9 Å². The van der Waals surface area contributed by atoms with Gasteiger partial charge in [0.15, 0.2) is 6.61 Å². The van der Waals surface area contributed by atoms with Crippen molar-refractivity contribution in [1.29, 1.82) is 0 Å². The van der Waals surface area contributed by atoms with Crippen molar-refractivity contribution in [1.82, 2.24) is 10.2 Å². The fraction of sp³-hybridized carbons (Fsp3) is 0.556. The minimum Gasteiger partial charge on any atom is -0.484 e. The van der Waals surface area contributed by atoms with E-state index in [2.05, 4.69) is 5.32 Å². The Bertz CT molecular complexity index is 597. The van der Waals surface area contributed by atoms with E-state index < -0.39 is 0 Å². The number of hydrogen-bond acceptors (Lipinski definition) is 4. The number of carbonyl (C=O) groups is 2. The van der Waals surface area contributed by atoms with Crippen molar-refractivity contribution >= 4 is 17.5 Å². The highest BCUT2D eigenvalue weighted by Gasteiger charge is 2.23. The number of hydrogen-bond donors (Lipinski definition) is 1. The maximum atomic E-state index is 12.3. The molecule has 0 spiro atoms. The Morgan fingerprint density at radius 2 is 2.08 bits per heavy atom. The second-order valence-corrected chi connectivity index (χ2v) is 6.38. The van der Waals surface area contributed by atoms with E-state index in [-0.39, 0.29) is 18.4 Å². The first-order valence-corrected chi connectivity index (χ1v) is 8.65. The molecule has 24 heavy (non-hydrogen) atoms. The average molecular weight is 331 g/mol. The van der Waals surface area contributed by atoms with Crippen molar-refractivity contribution < 1.29 is 14.3 Å². The molecule has 0 unspecified atom stereocenters. The van der Waals surface area contributed by atoms with Crippen molar-refractivity contribution in [3.05, 3.63) is 24.3 Å². The minimum atomic E-state index is 0.0206. The molecule has 0 bridgehead atoms. The molecule has 6 nitrogen and oxygen atoms in total. The van der Waals surface area contributed by atoms with Crippen LogP contribution in [0, 0.1) is 0 Å². The highest BCUT2D eigenvalue weighted by atomic mass is 16.5. The molecular formula is C18H25N3O3. The van der Waals surface area contributed by atoms with Crippen molar-refractivity contribution in [2.75, 3.05) is 38.2 Å². The molecule has 2 aliphatic rings. The maximum Gasteiger partial charge on any atom is 0.260 e. The van der Waals surface area contributed by atoms with Crippen LogP contribution in [0.25, 0.3) is 0 Å². The molecule has 1 N–H and O–H groups in total. The van der Waals surface area contributed by atoms with Gasteiger partial charge in [0.25, 0.3) is 5.91 Å². The van der Waals surface area contributed by atoms with Crippen molar-refractivity contribution in [2.45, 2.75) is 31.7 Å². The molecule has 2 fully saturated rings. The van der Waals surface area contributed by atoms with Crippen LogP contribution in [0.1, 0.15) is 25.7 Å². The van der Waals surface area contributed by atoms with E-state index in [1.165, 1.54) is 0 Å². The van der Waals surface area contributed by atoms with Gasteiger partial charge in [0.1, 0.15) is 5.75 Å². The molecule has 0 atom stereocenters. The fourth-order valence-corrected chi connectivity index (χ4v) is 3.32. The first kappa shape index (κ1) is 16.8. The van der Waals surface area contributed by atoms with E-state index >= 15 is 0 Å². The smallest absolute Gasteiger partial charge is 0.260 e. The molecule has 2 aliphatic heterocycles. The van der Waals surface area contributed by atoms with E-state index in [0.717, 1.165) is 44.6 Å². The summed E-state index contributed by atoms with van der Waals surface area (Å²) in [6.07, 6.45) is 3.46. The molecule has 130 valence electrons. The van der Waals surface area contributed by atoms with Crippen molar-refractivity contribution in [2.24, 2.45) is 0 Å². The number of likely N-dealkylation sites (tertiary alicyclic amines) is 1. The molecule has 2 heterocycles. The van der Waals surface area contributed by atoms with Gasteiger partial charge in [-0.05, 0) is 38.4 Å². The predicted octanol–water partition coefficient (Wildman–Crippen LogP) is 1.40. The second kappa shape index (κ2) is 7.66. The normalized spacial score (nSPS) is 19.0. The van der Waals surface area contributed by atoms with Crippen molar-refractivity contribution in [3.8, 4) is 5.75 Å². The van der Waals surface area contributed by atoms with E-state index in [9.17, 15) is 9.59 Å². The van der Waals surface area contributed by atoms with Crippen LogP contribution in [0.5, 0.6) is 5.75 Å². The SMILES string of the molecule is CNC1CCN(C(=O)COc2cccc(N3CCCC3=O)c2)CC1. The molecule has 1 aromatic rings. The van der Waals surface area contributed by atoms with Crippen LogP contribution in [0.4, 0.5) is 5.69 Å². The molecule has 0 aromatic heterocycles. The first-order valence-electron chi connectivity index (χ1n) is 8.65. The lowest BCUT2D eigenvalue weighted by molar-refractivity contribution is -0.134. The zero-order valence-electron chi connectivity index (χ0n) is 14.2. The number of piperidine rings is 1. The molecule has 6 heteroatoms. The number of nitrogens with zero attached hydrogens (tertiary/aromatic N) is 2. The summed E-state index contributed by atoms with van der Waals surface area (Å²) in [7, 11) is 1.96. The summed E-state index contributed by atoms with van der Waals surface area (Å²) in [5.74, 6) is 0.800. The van der Waals surface area contributed by atoms with Gasteiger partial charge in [-0.2, -0.15) is 0 Å². The number of ether oxygens (including phenoxy) is 1. The largest absolute Gasteiger partial charge is 0.484 e. The second-order valence-electron chi connectivity index (χ2n) is 6.38. The summed E-state index contributed by atoms with van der Waals surface area (Å²) in [5, 5.41) is 3.26. The molecule has 2 amide bonds. The van der Waals surface area contributed by atoms with Crippen LogP contribution in [-0.4, -0.2) is 56.0 Å². The van der Waals surface area contributed by atoms with Gasteiger partial charge < -0.3 is 19.9 Å². The Labute approximate surface area is 142 Å². The maximum absolute atomic E-state index is 12.3. The number of rotatable bonds is 5. The first-order chi connectivity index (χ1) is 11.7. The third-order valence-electron chi connectivity index (χ3n) is 4.82. The average Bonchev–Trinajstić information content (AvgIpc) is 3.06. The van der Waals surface area contributed by atoms with E-state index in [0.29, 0.717) is 18.2 Å². The van der Waals surface area contributed by atoms with Crippen LogP contribution in [0.3, 0.4) is 0 Å². The lowest BCUT2D eigenvalue weighted by atomic mass is 10.1. The Morgan fingerprint density at radius 3 is 2.75 bits per heavy atom. The van der Waals surface area contributed by atoms with Gasteiger partial charge in [0.05, 0.1) is 0 Å². The zero-order valence-corrected chi connectivity index (χ0v) is 14.2. The van der Waals surface area contributed by atoms with E-state index in [1.807, 2.05) is 36.2 Å². The number of amides is 2. The standard InChI is InChI=1S/C18H25N3O3/c1-19-14-7-10-20(11-8-14)18(23)13-24-16-5-2-4-15(12-16)21-9-3-6-17(21)22/h2,4-5,12,14,19H,3,6-11,13H2,1H3. The van der Waals surface area contributed by atoms with Gasteiger partial charge in [0.2, 0.25) is 5.91 Å². The van der Waals surface area contributed by atoms with Crippen LogP contribution < -0.4 is 15.0 Å². The van der Waals surface area contributed by atoms with Gasteiger partial charge >= 0.3 is 0 Å². The van der Waals surface area contributed by atoms with Gasteiger partial charge in [-0.15, -0.1) is 0 Å². The van der Waals surface area contributed by atoms with Crippen LogP contribution in [0.2, 0.25) is 0 Å². The summed E-state index contributed by atoms with van der Waals surface area (Å²) in [6, 6.07) is 7.93. The number of anilines is 1. The molecule has 3 rings (SSSR count). The Balaban J connectivity index is 1.53. The third-order valence-corrected chi connectivity index (χ3v) is 4.82. The molecule has 0 aliphatic carbocycles. The molecular weight excluding hydrogens is 306 g/mol. The van der Waals surface area contributed by atoms with Gasteiger partial charge in [-0.1, -0.05) is 6.07 Å². The molecule has 1 aromatic carbocycles. The van der Waals surface area contributed by atoms with E-state index in [4.69, 9.17) is 4.74 Å². The summed E-state index contributed by atoms with van der Waals surface area (Å²) in [4.78, 5) is 27.7. The van der Waals surface area contributed by atoms with Crippen LogP contribution in [-0.2, 0) is 9.59 Å². The summed E-state index contributed by atoms with van der Waals surface area (Å²) >= 11 is 0. The molecule has 2 saturated heterocycles. The molecule has 0 saturated carbocycles. The Hall–Kier alpha value is -2.08. The predicted molar refractivity (Wildman–Crippen MR) is 92.2 cm³/mol.